The molecule has 0 fully saturated rings. The normalized spacial score (nSPS) is 17.9. The molecule has 0 aromatic heterocycles. The maximum Gasteiger partial charge on any atom is 0.128 e. The standard InChI is InChI=1S/C46H35NO/c1-3-9-32(10-4-1)34-17-23-41(24-18-34)47(40-13-5-2-6-14-40)42-25-19-35(20-26-42)39-21-27-43-44-30-38(22-28-45(44)48-46(43)31-39)37-16-15-33-11-7-8-12-36(33)29-37/h1-17,19-30,34,46H,18,31H2. The van der Waals surface area contributed by atoms with Gasteiger partial charge in [0.05, 0.1) is 0 Å². The minimum atomic E-state index is 0.0300. The van der Waals surface area contributed by atoms with E-state index in [1.807, 2.05) is 0 Å². The van der Waals surface area contributed by atoms with Crippen molar-refractivity contribution in [3.8, 4) is 16.9 Å². The van der Waals surface area contributed by atoms with Crippen LogP contribution < -0.4 is 9.64 Å². The molecule has 0 bridgehead atoms. The molecule has 2 nitrogen and oxygen atoms in total. The van der Waals surface area contributed by atoms with E-state index in [1.165, 1.54) is 55.4 Å². The second-order valence-corrected chi connectivity index (χ2v) is 12.9. The maximum absolute atomic E-state index is 6.53. The SMILES string of the molecule is C1=CC(c2ccccc2)CC=C1N(c1ccccc1)c1ccc(C2=CC=C3c4cc(-c5ccc6ccccc6c5)ccc4OC3C2)cc1. The zero-order valence-corrected chi connectivity index (χ0v) is 26.7. The van der Waals surface area contributed by atoms with Crippen molar-refractivity contribution in [1.29, 1.82) is 0 Å². The largest absolute Gasteiger partial charge is 0.485 e. The van der Waals surface area contributed by atoms with Gasteiger partial charge in [0.25, 0.3) is 0 Å². The highest BCUT2D eigenvalue weighted by atomic mass is 16.5. The van der Waals surface area contributed by atoms with Crippen LogP contribution in [0, 0.1) is 0 Å². The number of para-hydroxylation sites is 1. The van der Waals surface area contributed by atoms with E-state index >= 15 is 0 Å². The number of fused-ring (bicyclic) bond motifs is 4. The molecular formula is C46H35NO. The predicted octanol–water partition coefficient (Wildman–Crippen LogP) is 11.9. The Morgan fingerprint density at radius 3 is 2.06 bits per heavy atom. The van der Waals surface area contributed by atoms with Gasteiger partial charge in [0.15, 0.2) is 0 Å². The summed E-state index contributed by atoms with van der Waals surface area (Å²) in [6.07, 6.45) is 13.4. The number of nitrogens with zero attached hydrogens (tertiary/aromatic N) is 1. The van der Waals surface area contributed by atoms with Crippen LogP contribution in [0.25, 0.3) is 33.0 Å². The molecule has 2 aliphatic carbocycles. The molecule has 6 aromatic rings. The van der Waals surface area contributed by atoms with E-state index in [2.05, 4.69) is 181 Å². The van der Waals surface area contributed by atoms with Gasteiger partial charge >= 0.3 is 0 Å². The summed E-state index contributed by atoms with van der Waals surface area (Å²) in [7, 11) is 0. The smallest absolute Gasteiger partial charge is 0.128 e. The number of benzene rings is 6. The van der Waals surface area contributed by atoms with E-state index in [4.69, 9.17) is 4.74 Å². The number of hydrogen-bond donors (Lipinski definition) is 0. The summed E-state index contributed by atoms with van der Waals surface area (Å²) >= 11 is 0. The summed E-state index contributed by atoms with van der Waals surface area (Å²) < 4.78 is 6.53. The van der Waals surface area contributed by atoms with Crippen LogP contribution in [0.2, 0.25) is 0 Å². The summed E-state index contributed by atoms with van der Waals surface area (Å²) in [5, 5.41) is 2.52. The molecule has 2 heteroatoms. The lowest BCUT2D eigenvalue weighted by Crippen LogP contribution is -2.17. The van der Waals surface area contributed by atoms with Crippen molar-refractivity contribution in [3.63, 3.8) is 0 Å². The van der Waals surface area contributed by atoms with Crippen molar-refractivity contribution in [2.45, 2.75) is 24.9 Å². The molecular weight excluding hydrogens is 583 g/mol. The Hall–Kier alpha value is -5.86. The van der Waals surface area contributed by atoms with Gasteiger partial charge in [0.1, 0.15) is 11.9 Å². The monoisotopic (exact) mass is 617 g/mol. The molecule has 0 amide bonds. The average Bonchev–Trinajstić information content (AvgIpc) is 3.53. The molecule has 0 saturated heterocycles. The summed E-state index contributed by atoms with van der Waals surface area (Å²) in [5.74, 6) is 1.38. The van der Waals surface area contributed by atoms with Crippen molar-refractivity contribution in [1.82, 2.24) is 0 Å². The molecule has 0 saturated carbocycles. The van der Waals surface area contributed by atoms with Crippen LogP contribution in [-0.4, -0.2) is 6.10 Å². The summed E-state index contributed by atoms with van der Waals surface area (Å²) in [4.78, 5) is 2.36. The molecule has 1 heterocycles. The highest BCUT2D eigenvalue weighted by Crippen LogP contribution is 2.45. The van der Waals surface area contributed by atoms with Gasteiger partial charge < -0.3 is 9.64 Å². The zero-order valence-electron chi connectivity index (χ0n) is 26.7. The summed E-state index contributed by atoms with van der Waals surface area (Å²) in [6.45, 7) is 0. The first-order chi connectivity index (χ1) is 23.8. The Balaban J connectivity index is 0.976. The van der Waals surface area contributed by atoms with Crippen molar-refractivity contribution in [3.05, 3.63) is 198 Å². The average molecular weight is 618 g/mol. The second-order valence-electron chi connectivity index (χ2n) is 12.9. The third-order valence-electron chi connectivity index (χ3n) is 9.94. The van der Waals surface area contributed by atoms with E-state index in [9.17, 15) is 0 Å². The second kappa shape index (κ2) is 12.1. The van der Waals surface area contributed by atoms with Crippen LogP contribution in [0.4, 0.5) is 11.4 Å². The summed E-state index contributed by atoms with van der Waals surface area (Å²) in [6, 6.07) is 52.3. The topological polar surface area (TPSA) is 12.5 Å². The van der Waals surface area contributed by atoms with Crippen LogP contribution in [0.15, 0.2) is 182 Å². The van der Waals surface area contributed by atoms with Gasteiger partial charge in [-0.1, -0.05) is 127 Å². The Morgan fingerprint density at radius 2 is 1.27 bits per heavy atom. The van der Waals surface area contributed by atoms with E-state index < -0.39 is 0 Å². The molecule has 2 unspecified atom stereocenters. The van der Waals surface area contributed by atoms with Crippen molar-refractivity contribution in [2.75, 3.05) is 4.90 Å². The lowest BCUT2D eigenvalue weighted by Gasteiger charge is -2.29. The molecule has 3 aliphatic rings. The zero-order chi connectivity index (χ0) is 31.9. The Kier molecular flexibility index (Phi) is 7.13. The number of anilines is 2. The number of allylic oxidation sites excluding steroid dienone is 5. The first-order valence-electron chi connectivity index (χ1n) is 16.9. The number of rotatable bonds is 6. The molecule has 6 aromatic carbocycles. The Bertz CT molecular complexity index is 2260. The van der Waals surface area contributed by atoms with Gasteiger partial charge in [-0.2, -0.15) is 0 Å². The highest BCUT2D eigenvalue weighted by molar-refractivity contribution is 5.90. The van der Waals surface area contributed by atoms with Gasteiger partial charge in [-0.25, -0.2) is 0 Å². The fraction of sp³-hybridized carbons (Fsp3) is 0.0870. The van der Waals surface area contributed by atoms with Gasteiger partial charge in [-0.05, 0) is 93.6 Å². The molecule has 0 radical (unpaired) electrons. The highest BCUT2D eigenvalue weighted by Gasteiger charge is 2.31. The van der Waals surface area contributed by atoms with Gasteiger partial charge in [0.2, 0.25) is 0 Å². The van der Waals surface area contributed by atoms with Gasteiger partial charge in [0, 0.05) is 40.5 Å². The summed E-state index contributed by atoms with van der Waals surface area (Å²) in [5.41, 5.74) is 12.3. The quantitative estimate of drug-likeness (QED) is 0.184. The maximum atomic E-state index is 6.53. The minimum Gasteiger partial charge on any atom is -0.485 e. The first-order valence-corrected chi connectivity index (χ1v) is 16.9. The fourth-order valence-corrected chi connectivity index (χ4v) is 7.39. The number of hydrogen-bond acceptors (Lipinski definition) is 2. The lowest BCUT2D eigenvalue weighted by atomic mass is 9.88. The Morgan fingerprint density at radius 1 is 0.583 bits per heavy atom. The molecule has 0 spiro atoms. The van der Waals surface area contributed by atoms with Crippen LogP contribution in [0.5, 0.6) is 5.75 Å². The van der Waals surface area contributed by atoms with E-state index in [1.54, 1.807) is 0 Å². The predicted molar refractivity (Wildman–Crippen MR) is 200 cm³/mol. The molecule has 9 rings (SSSR count). The first kappa shape index (κ1) is 28.4. The number of ether oxygens (including phenoxy) is 1. The molecule has 230 valence electrons. The van der Waals surface area contributed by atoms with Crippen LogP contribution in [-0.2, 0) is 0 Å². The third kappa shape index (κ3) is 5.26. The van der Waals surface area contributed by atoms with Crippen LogP contribution in [0.1, 0.15) is 35.4 Å². The van der Waals surface area contributed by atoms with Crippen molar-refractivity contribution >= 4 is 33.3 Å². The lowest BCUT2D eigenvalue weighted by molar-refractivity contribution is 0.281. The van der Waals surface area contributed by atoms with Gasteiger partial charge in [-0.15, -0.1) is 0 Å². The molecule has 48 heavy (non-hydrogen) atoms. The van der Waals surface area contributed by atoms with E-state index in [0.717, 1.165) is 30.0 Å². The molecule has 2 atom stereocenters. The third-order valence-corrected chi connectivity index (χ3v) is 9.94. The minimum absolute atomic E-state index is 0.0300. The molecule has 1 aliphatic heterocycles. The van der Waals surface area contributed by atoms with Crippen LogP contribution >= 0.6 is 0 Å². The van der Waals surface area contributed by atoms with Crippen molar-refractivity contribution < 1.29 is 4.74 Å². The van der Waals surface area contributed by atoms with E-state index in [-0.39, 0.29) is 6.10 Å². The fourth-order valence-electron chi connectivity index (χ4n) is 7.39. The van der Waals surface area contributed by atoms with Crippen molar-refractivity contribution in [2.24, 2.45) is 0 Å². The Labute approximate surface area is 282 Å². The van der Waals surface area contributed by atoms with Gasteiger partial charge in [-0.3, -0.25) is 0 Å². The van der Waals surface area contributed by atoms with E-state index in [0.29, 0.717) is 5.92 Å². The molecule has 0 N–H and O–H groups in total. The van der Waals surface area contributed by atoms with Crippen LogP contribution in [0.3, 0.4) is 0 Å².